The van der Waals surface area contributed by atoms with E-state index in [-0.39, 0.29) is 37.5 Å². The molecule has 9 heteroatoms. The largest absolute Gasteiger partial charge is 0.450 e. The lowest BCUT2D eigenvalue weighted by Gasteiger charge is -2.51. The molecule has 2 N–H and O–H groups in total. The molecular weight excluding hydrogens is 480 g/mol. The number of hydrogen-bond donors (Lipinski definition) is 1. The summed E-state index contributed by atoms with van der Waals surface area (Å²) in [5.74, 6) is -1.37. The number of rotatable bonds is 3. The van der Waals surface area contributed by atoms with Crippen molar-refractivity contribution in [2.75, 3.05) is 24.6 Å². The third kappa shape index (κ3) is 3.07. The van der Waals surface area contributed by atoms with Gasteiger partial charge in [-0.15, -0.1) is 0 Å². The Hall–Kier alpha value is -5.07. The van der Waals surface area contributed by atoms with E-state index in [1.165, 1.54) is 4.90 Å². The van der Waals surface area contributed by atoms with E-state index in [1.54, 1.807) is 42.2 Å². The van der Waals surface area contributed by atoms with Gasteiger partial charge in [-0.2, -0.15) is 15.8 Å². The summed E-state index contributed by atoms with van der Waals surface area (Å²) in [6.45, 7) is 2.15. The zero-order valence-corrected chi connectivity index (χ0v) is 20.7. The van der Waals surface area contributed by atoms with Crippen molar-refractivity contribution in [2.24, 2.45) is 17.1 Å². The van der Waals surface area contributed by atoms with Crippen LogP contribution in [0.2, 0.25) is 0 Å². The monoisotopic (exact) mass is 504 g/mol. The average molecular weight is 505 g/mol. The molecule has 2 atom stereocenters. The van der Waals surface area contributed by atoms with Gasteiger partial charge in [0.15, 0.2) is 0 Å². The summed E-state index contributed by atoms with van der Waals surface area (Å²) >= 11 is 0. The number of allylic oxidation sites excluding steroid dienone is 2. The van der Waals surface area contributed by atoms with Crippen molar-refractivity contribution in [3.63, 3.8) is 0 Å². The van der Waals surface area contributed by atoms with Crippen LogP contribution >= 0.6 is 0 Å². The fourth-order valence-electron chi connectivity index (χ4n) is 6.12. The number of amides is 2. The summed E-state index contributed by atoms with van der Waals surface area (Å²) in [7, 11) is 0. The predicted octanol–water partition coefficient (Wildman–Crippen LogP) is 3.27. The highest BCUT2D eigenvalue weighted by Crippen LogP contribution is 2.63. The van der Waals surface area contributed by atoms with Crippen LogP contribution in [0.4, 0.5) is 10.5 Å². The van der Waals surface area contributed by atoms with Gasteiger partial charge in [-0.25, -0.2) is 4.79 Å². The Kier molecular flexibility index (Phi) is 5.90. The Morgan fingerprint density at radius 3 is 2.45 bits per heavy atom. The molecule has 0 radical (unpaired) electrons. The van der Waals surface area contributed by atoms with E-state index < -0.39 is 28.7 Å². The molecule has 3 aliphatic rings. The van der Waals surface area contributed by atoms with Crippen molar-refractivity contribution >= 4 is 17.7 Å². The molecule has 2 unspecified atom stereocenters. The quantitative estimate of drug-likeness (QED) is 0.674. The van der Waals surface area contributed by atoms with E-state index in [1.807, 2.05) is 30.3 Å². The van der Waals surface area contributed by atoms with E-state index in [2.05, 4.69) is 18.2 Å². The maximum atomic E-state index is 14.8. The molecule has 5 rings (SSSR count). The zero-order chi connectivity index (χ0) is 27.1. The van der Waals surface area contributed by atoms with Gasteiger partial charge in [-0.05, 0) is 29.7 Å². The Bertz CT molecular complexity index is 1510. The normalized spacial score (nSPS) is 23.1. The van der Waals surface area contributed by atoms with E-state index in [4.69, 9.17) is 10.5 Å². The highest BCUT2D eigenvalue weighted by Gasteiger charge is 2.73. The number of benzene rings is 2. The van der Waals surface area contributed by atoms with Crippen molar-refractivity contribution in [3.05, 3.63) is 88.6 Å². The molecule has 2 aliphatic heterocycles. The first-order valence-corrected chi connectivity index (χ1v) is 12.2. The van der Waals surface area contributed by atoms with Crippen LogP contribution in [0.5, 0.6) is 0 Å². The van der Waals surface area contributed by atoms with Crippen LogP contribution in [0.3, 0.4) is 0 Å². The van der Waals surface area contributed by atoms with Gasteiger partial charge in [0, 0.05) is 24.7 Å². The van der Waals surface area contributed by atoms with Crippen LogP contribution in [0, 0.1) is 45.3 Å². The minimum atomic E-state index is -2.20. The smallest absolute Gasteiger partial charge is 0.410 e. The second-order valence-electron chi connectivity index (χ2n) is 9.39. The van der Waals surface area contributed by atoms with Crippen molar-refractivity contribution in [1.29, 1.82) is 15.8 Å². The average Bonchev–Trinajstić information content (AvgIpc) is 3.19. The number of hydrogen-bond acceptors (Lipinski definition) is 7. The molecule has 0 saturated carbocycles. The lowest BCUT2D eigenvalue weighted by atomic mass is 9.48. The first-order valence-electron chi connectivity index (χ1n) is 12.2. The van der Waals surface area contributed by atoms with E-state index in [9.17, 15) is 25.4 Å². The number of carbonyl (C=O) groups excluding carboxylic acids is 2. The Morgan fingerprint density at radius 2 is 1.79 bits per heavy atom. The van der Waals surface area contributed by atoms with Gasteiger partial charge in [0.2, 0.25) is 11.3 Å². The molecule has 0 fully saturated rings. The minimum Gasteiger partial charge on any atom is -0.450 e. The lowest BCUT2D eigenvalue weighted by molar-refractivity contribution is -0.127. The molecule has 2 aromatic rings. The number of nitriles is 3. The van der Waals surface area contributed by atoms with Gasteiger partial charge in [-0.1, -0.05) is 54.6 Å². The van der Waals surface area contributed by atoms with Crippen LogP contribution in [0.1, 0.15) is 18.1 Å². The molecule has 1 spiro atoms. The molecule has 2 heterocycles. The number of anilines is 1. The zero-order valence-electron chi connectivity index (χ0n) is 20.7. The van der Waals surface area contributed by atoms with Gasteiger partial charge in [0.25, 0.3) is 0 Å². The van der Waals surface area contributed by atoms with Crippen LogP contribution in [-0.2, 0) is 21.5 Å². The molecule has 9 nitrogen and oxygen atoms in total. The second-order valence-corrected chi connectivity index (χ2v) is 9.39. The number of nitrogens with zero attached hydrogens (tertiary/aromatic N) is 5. The summed E-state index contributed by atoms with van der Waals surface area (Å²) in [6, 6.07) is 22.6. The summed E-state index contributed by atoms with van der Waals surface area (Å²) in [5.41, 5.74) is 4.59. The standard InChI is InChI=1S/C29H24N6O3/c1-2-38-27(37)34-13-12-20-21(14-30)25(33)28(17-31,18-32)29(23(20)16-34)22-10-6-7-11-24(22)35(26(29)36)15-19-8-4-3-5-9-19/h3-12,23H,2,13,15-16,33H2,1H3. The fourth-order valence-corrected chi connectivity index (χ4v) is 6.12. The van der Waals surface area contributed by atoms with Crippen molar-refractivity contribution in [3.8, 4) is 18.2 Å². The Morgan fingerprint density at radius 1 is 1.11 bits per heavy atom. The van der Waals surface area contributed by atoms with E-state index in [0.29, 0.717) is 16.8 Å². The highest BCUT2D eigenvalue weighted by atomic mass is 16.6. The van der Waals surface area contributed by atoms with Gasteiger partial charge < -0.3 is 20.3 Å². The fraction of sp³-hybridized carbons (Fsp3) is 0.276. The number of carbonyl (C=O) groups is 2. The van der Waals surface area contributed by atoms with E-state index in [0.717, 1.165) is 5.56 Å². The van der Waals surface area contributed by atoms with Crippen LogP contribution in [0.25, 0.3) is 0 Å². The first-order chi connectivity index (χ1) is 18.4. The second kappa shape index (κ2) is 9.10. The third-order valence-corrected chi connectivity index (χ3v) is 7.75. The van der Waals surface area contributed by atoms with Gasteiger partial charge in [-0.3, -0.25) is 4.79 Å². The highest BCUT2D eigenvalue weighted by molar-refractivity contribution is 6.11. The van der Waals surface area contributed by atoms with E-state index >= 15 is 0 Å². The maximum Gasteiger partial charge on any atom is 0.410 e. The lowest BCUT2D eigenvalue weighted by Crippen LogP contribution is -2.64. The topological polar surface area (TPSA) is 147 Å². The van der Waals surface area contributed by atoms with Gasteiger partial charge in [0.05, 0.1) is 36.6 Å². The SMILES string of the molecule is CCOC(=O)N1CC=C2C(C#N)=C(N)C(C#N)(C#N)C3(C(=O)N(Cc4ccccc4)c4ccccc43)C2C1. The van der Waals surface area contributed by atoms with Crippen molar-refractivity contribution in [1.82, 2.24) is 4.90 Å². The predicted molar refractivity (Wildman–Crippen MR) is 136 cm³/mol. The van der Waals surface area contributed by atoms with Crippen LogP contribution < -0.4 is 10.6 Å². The third-order valence-electron chi connectivity index (χ3n) is 7.75. The molecule has 0 saturated heterocycles. The van der Waals surface area contributed by atoms with Crippen LogP contribution in [0.15, 0.2) is 77.5 Å². The Labute approximate surface area is 220 Å². The first kappa shape index (κ1) is 24.6. The summed E-state index contributed by atoms with van der Waals surface area (Å²) < 4.78 is 5.22. The number of para-hydroxylation sites is 1. The van der Waals surface area contributed by atoms with Crippen molar-refractivity contribution < 1.29 is 14.3 Å². The molecule has 0 bridgehead atoms. The van der Waals surface area contributed by atoms with Gasteiger partial charge in [0.1, 0.15) is 11.5 Å². The Balaban J connectivity index is 1.81. The minimum absolute atomic E-state index is 0.000903. The summed E-state index contributed by atoms with van der Waals surface area (Å²) in [6.07, 6.45) is 1.09. The molecule has 1 aliphatic carbocycles. The number of fused-ring (bicyclic) bond motifs is 4. The molecule has 188 valence electrons. The number of ether oxygens (including phenoxy) is 1. The van der Waals surface area contributed by atoms with Crippen LogP contribution in [-0.4, -0.2) is 36.6 Å². The summed E-state index contributed by atoms with van der Waals surface area (Å²) in [5, 5.41) is 31.3. The molecule has 2 amide bonds. The number of nitrogens with two attached hydrogens (primary N) is 1. The molecule has 38 heavy (non-hydrogen) atoms. The molecule has 2 aromatic carbocycles. The molecular formula is C29H24N6O3. The maximum absolute atomic E-state index is 14.8. The summed E-state index contributed by atoms with van der Waals surface area (Å²) in [4.78, 5) is 30.5. The van der Waals surface area contributed by atoms with Gasteiger partial charge >= 0.3 is 6.09 Å². The molecule has 0 aromatic heterocycles. The van der Waals surface area contributed by atoms with Crippen molar-refractivity contribution in [2.45, 2.75) is 18.9 Å².